The molecular weight excluding hydrogens is 707 g/mol. The number of aromatic hydroxyl groups is 1. The number of unbranched alkanes of at least 4 members (excludes halogenated alkanes) is 6. The molecule has 1 amide bonds. The summed E-state index contributed by atoms with van der Waals surface area (Å²) < 4.78 is 4.52. The summed E-state index contributed by atoms with van der Waals surface area (Å²) in [5.41, 5.74) is 10.7. The van der Waals surface area contributed by atoms with Crippen molar-refractivity contribution in [1.29, 1.82) is 0 Å². The SMILES string of the molecule is CCCc1nc2c(C)cc(-c3nc4ccccc4n3C)cc2n1Cc1ccc(-c2ccccc2C(=O)NCCCCCCCCCC(=O)c2ccccc2O)cc1. The molecule has 5 aromatic carbocycles. The number of aromatic nitrogens is 4. The first kappa shape index (κ1) is 39.2. The van der Waals surface area contributed by atoms with Gasteiger partial charge in [-0.05, 0) is 90.9 Å². The fraction of sp³-hybridized carbons (Fsp3) is 0.306. The standard InChI is InChI=1S/C49H53N5O3/c1-4-18-46-52-47-34(2)31-37(48-51-41-22-14-15-23-42(41)53(48)3)32-43(47)54(46)33-35-26-28-36(29-27-35)38-19-11-12-20-39(38)49(57)50-30-17-9-7-5-6-8-10-24-44(55)40-21-13-16-25-45(40)56/h11-16,19-23,25-29,31-32,56H,4-10,17-18,24,30,33H2,1-3H3,(H,50,57). The fourth-order valence-corrected chi connectivity index (χ4v) is 7.91. The number of phenols is 1. The highest BCUT2D eigenvalue weighted by Crippen LogP contribution is 2.31. The van der Waals surface area contributed by atoms with Gasteiger partial charge in [-0.1, -0.05) is 106 Å². The van der Waals surface area contributed by atoms with Gasteiger partial charge < -0.3 is 19.6 Å². The second kappa shape index (κ2) is 18.3. The van der Waals surface area contributed by atoms with Crippen LogP contribution >= 0.6 is 0 Å². The molecule has 8 heteroatoms. The van der Waals surface area contributed by atoms with E-state index in [1.54, 1.807) is 24.3 Å². The number of imidazole rings is 2. The molecule has 0 aliphatic rings. The summed E-state index contributed by atoms with van der Waals surface area (Å²) in [4.78, 5) is 35.9. The third-order valence-electron chi connectivity index (χ3n) is 11.0. The topological polar surface area (TPSA) is 102 Å². The van der Waals surface area contributed by atoms with E-state index in [1.807, 2.05) is 30.3 Å². The van der Waals surface area contributed by atoms with Crippen LogP contribution in [0.5, 0.6) is 5.75 Å². The number of nitrogens with zero attached hydrogens (tertiary/aromatic N) is 4. The predicted octanol–water partition coefficient (Wildman–Crippen LogP) is 11.0. The first-order valence-electron chi connectivity index (χ1n) is 20.5. The molecule has 0 saturated heterocycles. The van der Waals surface area contributed by atoms with Crippen LogP contribution in [0, 0.1) is 6.92 Å². The number of para-hydroxylation sites is 3. The summed E-state index contributed by atoms with van der Waals surface area (Å²) in [5.74, 6) is 2.04. The first-order chi connectivity index (χ1) is 27.8. The molecule has 57 heavy (non-hydrogen) atoms. The Morgan fingerprint density at radius 3 is 2.16 bits per heavy atom. The molecule has 2 aromatic heterocycles. The molecule has 0 saturated carbocycles. The number of phenolic OH excluding ortho intramolecular Hbond substituents is 1. The van der Waals surface area contributed by atoms with Gasteiger partial charge in [0.1, 0.15) is 17.4 Å². The van der Waals surface area contributed by atoms with Crippen molar-refractivity contribution in [1.82, 2.24) is 24.4 Å². The molecular formula is C49H53N5O3. The Labute approximate surface area is 335 Å². The monoisotopic (exact) mass is 759 g/mol. The Balaban J connectivity index is 0.945. The number of rotatable bonds is 18. The van der Waals surface area contributed by atoms with Crippen molar-refractivity contribution in [2.45, 2.75) is 84.6 Å². The summed E-state index contributed by atoms with van der Waals surface area (Å²) in [6.45, 7) is 5.67. The van der Waals surface area contributed by atoms with E-state index in [2.05, 4.69) is 89.9 Å². The van der Waals surface area contributed by atoms with Crippen LogP contribution < -0.4 is 5.32 Å². The lowest BCUT2D eigenvalue weighted by Crippen LogP contribution is -2.25. The van der Waals surface area contributed by atoms with Crippen molar-refractivity contribution >= 4 is 33.8 Å². The molecule has 2 heterocycles. The van der Waals surface area contributed by atoms with E-state index in [4.69, 9.17) is 9.97 Å². The van der Waals surface area contributed by atoms with Crippen LogP contribution in [-0.2, 0) is 20.0 Å². The number of amides is 1. The Hall–Kier alpha value is -6.02. The first-order valence-corrected chi connectivity index (χ1v) is 20.5. The van der Waals surface area contributed by atoms with Crippen molar-refractivity contribution in [2.75, 3.05) is 6.54 Å². The third-order valence-corrected chi connectivity index (χ3v) is 11.0. The fourth-order valence-electron chi connectivity index (χ4n) is 7.91. The van der Waals surface area contributed by atoms with E-state index in [-0.39, 0.29) is 17.4 Å². The van der Waals surface area contributed by atoms with Crippen LogP contribution in [0.1, 0.15) is 102 Å². The molecule has 0 radical (unpaired) electrons. The van der Waals surface area contributed by atoms with Crippen LogP contribution in [0.15, 0.2) is 109 Å². The lowest BCUT2D eigenvalue weighted by molar-refractivity contribution is 0.0950. The van der Waals surface area contributed by atoms with Crippen molar-refractivity contribution in [3.8, 4) is 28.3 Å². The summed E-state index contributed by atoms with van der Waals surface area (Å²) in [6.07, 6.45) is 9.46. The van der Waals surface area contributed by atoms with Gasteiger partial charge in [-0.2, -0.15) is 0 Å². The van der Waals surface area contributed by atoms with Crippen LogP contribution in [-0.4, -0.2) is 42.4 Å². The zero-order valence-corrected chi connectivity index (χ0v) is 33.4. The van der Waals surface area contributed by atoms with Gasteiger partial charge in [0.2, 0.25) is 0 Å². The number of hydrogen-bond donors (Lipinski definition) is 2. The maximum atomic E-state index is 13.4. The molecule has 0 aliphatic carbocycles. The summed E-state index contributed by atoms with van der Waals surface area (Å²) in [7, 11) is 2.08. The molecule has 0 spiro atoms. The molecule has 7 aromatic rings. The third kappa shape index (κ3) is 9.01. The van der Waals surface area contributed by atoms with E-state index in [1.165, 1.54) is 5.56 Å². The summed E-state index contributed by atoms with van der Waals surface area (Å²) in [6, 6.07) is 35.9. The number of fused-ring (bicyclic) bond motifs is 2. The Morgan fingerprint density at radius 2 is 1.40 bits per heavy atom. The second-order valence-electron chi connectivity index (χ2n) is 15.2. The van der Waals surface area contributed by atoms with Crippen molar-refractivity contribution in [2.24, 2.45) is 7.05 Å². The molecule has 8 nitrogen and oxygen atoms in total. The van der Waals surface area contributed by atoms with Gasteiger partial charge in [-0.15, -0.1) is 0 Å². The Kier molecular flexibility index (Phi) is 12.6. The van der Waals surface area contributed by atoms with Gasteiger partial charge in [-0.3, -0.25) is 9.59 Å². The van der Waals surface area contributed by atoms with Crippen LogP contribution in [0.3, 0.4) is 0 Å². The highest BCUT2D eigenvalue weighted by atomic mass is 16.3. The minimum atomic E-state index is -0.0512. The molecule has 0 bridgehead atoms. The smallest absolute Gasteiger partial charge is 0.251 e. The largest absolute Gasteiger partial charge is 0.507 e. The van der Waals surface area contributed by atoms with Gasteiger partial charge in [0.15, 0.2) is 5.78 Å². The zero-order chi connectivity index (χ0) is 39.7. The number of Topliss-reactive ketones (excluding diaryl/α,β-unsaturated/α-hetero) is 1. The van der Waals surface area contributed by atoms with Gasteiger partial charge in [0, 0.05) is 44.1 Å². The molecule has 292 valence electrons. The van der Waals surface area contributed by atoms with Gasteiger partial charge in [0.05, 0.1) is 27.6 Å². The number of hydrogen-bond acceptors (Lipinski definition) is 5. The van der Waals surface area contributed by atoms with E-state index < -0.39 is 0 Å². The highest BCUT2D eigenvalue weighted by molar-refractivity contribution is 6.01. The number of carbonyl (C=O) groups is 2. The minimum absolute atomic E-state index is 0.00295. The van der Waals surface area contributed by atoms with Crippen molar-refractivity contribution in [3.05, 3.63) is 137 Å². The molecule has 7 rings (SSSR count). The lowest BCUT2D eigenvalue weighted by Gasteiger charge is -2.13. The average molecular weight is 760 g/mol. The van der Waals surface area contributed by atoms with Crippen molar-refractivity contribution < 1.29 is 14.7 Å². The van der Waals surface area contributed by atoms with E-state index >= 15 is 0 Å². The summed E-state index contributed by atoms with van der Waals surface area (Å²) >= 11 is 0. The maximum Gasteiger partial charge on any atom is 0.251 e. The van der Waals surface area contributed by atoms with E-state index in [0.717, 1.165) is 114 Å². The highest BCUT2D eigenvalue weighted by Gasteiger charge is 2.18. The molecule has 0 aliphatic heterocycles. The number of nitrogens with one attached hydrogen (secondary N) is 1. The predicted molar refractivity (Wildman–Crippen MR) is 231 cm³/mol. The normalized spacial score (nSPS) is 11.4. The zero-order valence-electron chi connectivity index (χ0n) is 33.4. The molecule has 0 unspecified atom stereocenters. The van der Waals surface area contributed by atoms with Gasteiger partial charge >= 0.3 is 0 Å². The molecule has 0 atom stereocenters. The average Bonchev–Trinajstić information content (AvgIpc) is 3.75. The number of carbonyl (C=O) groups excluding carboxylic acids is 2. The minimum Gasteiger partial charge on any atom is -0.507 e. The Morgan fingerprint density at radius 1 is 0.719 bits per heavy atom. The second-order valence-corrected chi connectivity index (χ2v) is 15.2. The summed E-state index contributed by atoms with van der Waals surface area (Å²) in [5, 5.41) is 13.0. The van der Waals surface area contributed by atoms with Gasteiger partial charge in [0.25, 0.3) is 5.91 Å². The van der Waals surface area contributed by atoms with E-state index in [0.29, 0.717) is 30.6 Å². The lowest BCUT2D eigenvalue weighted by atomic mass is 9.98. The van der Waals surface area contributed by atoms with Gasteiger partial charge in [-0.25, -0.2) is 9.97 Å². The number of aryl methyl sites for hydroxylation is 3. The van der Waals surface area contributed by atoms with Crippen LogP contribution in [0.25, 0.3) is 44.6 Å². The molecule has 0 fully saturated rings. The van der Waals surface area contributed by atoms with Crippen LogP contribution in [0.4, 0.5) is 0 Å². The van der Waals surface area contributed by atoms with E-state index in [9.17, 15) is 14.7 Å². The van der Waals surface area contributed by atoms with Crippen LogP contribution in [0.2, 0.25) is 0 Å². The quantitative estimate of drug-likeness (QED) is 0.0670. The molecule has 2 N–H and O–H groups in total. The number of benzene rings is 5. The maximum absolute atomic E-state index is 13.4. The Bertz CT molecular complexity index is 2490. The number of ketones is 1. The van der Waals surface area contributed by atoms with Crippen molar-refractivity contribution in [3.63, 3.8) is 0 Å².